The first kappa shape index (κ1) is 9.38. The normalized spacial score (nSPS) is 10.2. The van der Waals surface area contributed by atoms with Crippen LogP contribution in [0.4, 0.5) is 0 Å². The molecule has 15 heavy (non-hydrogen) atoms. The van der Waals surface area contributed by atoms with Gasteiger partial charge < -0.3 is 9.84 Å². The minimum atomic E-state index is -0.332. The Labute approximate surface area is 84.9 Å². The number of hydrogen-bond donors (Lipinski definition) is 2. The fourth-order valence-corrected chi connectivity index (χ4v) is 1.07. The van der Waals surface area contributed by atoms with Gasteiger partial charge in [-0.25, -0.2) is 4.98 Å². The van der Waals surface area contributed by atoms with Crippen LogP contribution in [0.15, 0.2) is 16.9 Å². The van der Waals surface area contributed by atoms with Crippen molar-refractivity contribution in [3.63, 3.8) is 0 Å². The average Bonchev–Trinajstić information content (AvgIpc) is 2.84. The molecular weight excluding hydrogens is 198 g/mol. The zero-order valence-electron chi connectivity index (χ0n) is 8.02. The van der Waals surface area contributed by atoms with Crippen LogP contribution < -0.4 is 5.32 Å². The van der Waals surface area contributed by atoms with Crippen molar-refractivity contribution in [1.82, 2.24) is 25.7 Å². The summed E-state index contributed by atoms with van der Waals surface area (Å²) in [5.74, 6) is 0.438. The Kier molecular flexibility index (Phi) is 2.44. The van der Waals surface area contributed by atoms with Gasteiger partial charge in [0.25, 0.3) is 5.91 Å². The standard InChI is InChI=1S/C8H9N5O2/c1-5-2-6(15-13-5)3-9-8(14)7-10-4-11-12-7/h2,4H,3H2,1H3,(H,9,14)(H,10,11,12). The van der Waals surface area contributed by atoms with Gasteiger partial charge in [0.15, 0.2) is 5.76 Å². The van der Waals surface area contributed by atoms with E-state index in [0.29, 0.717) is 5.76 Å². The van der Waals surface area contributed by atoms with Crippen molar-refractivity contribution in [3.05, 3.63) is 29.7 Å². The molecule has 1 amide bonds. The number of aromatic amines is 1. The maximum atomic E-state index is 11.4. The molecule has 7 heteroatoms. The summed E-state index contributed by atoms with van der Waals surface area (Å²) in [5, 5.41) is 12.3. The van der Waals surface area contributed by atoms with Gasteiger partial charge in [-0.2, -0.15) is 5.10 Å². The van der Waals surface area contributed by atoms with E-state index in [0.717, 1.165) is 5.69 Å². The van der Waals surface area contributed by atoms with Crippen LogP contribution in [0.1, 0.15) is 22.1 Å². The molecule has 0 spiro atoms. The smallest absolute Gasteiger partial charge is 0.288 e. The Morgan fingerprint density at radius 3 is 3.13 bits per heavy atom. The van der Waals surface area contributed by atoms with Crippen molar-refractivity contribution in [2.75, 3.05) is 0 Å². The second kappa shape index (κ2) is 3.91. The van der Waals surface area contributed by atoms with Gasteiger partial charge in [-0.05, 0) is 6.92 Å². The molecule has 2 aromatic heterocycles. The highest BCUT2D eigenvalue weighted by molar-refractivity contribution is 5.90. The molecule has 0 bridgehead atoms. The molecule has 0 unspecified atom stereocenters. The van der Waals surface area contributed by atoms with Crippen molar-refractivity contribution < 1.29 is 9.32 Å². The summed E-state index contributed by atoms with van der Waals surface area (Å²) in [6.07, 6.45) is 1.27. The number of amides is 1. The molecule has 2 rings (SSSR count). The first-order valence-electron chi connectivity index (χ1n) is 4.31. The van der Waals surface area contributed by atoms with Gasteiger partial charge in [-0.15, -0.1) is 0 Å². The third-order valence-electron chi connectivity index (χ3n) is 1.73. The summed E-state index contributed by atoms with van der Waals surface area (Å²) in [4.78, 5) is 15.1. The first-order valence-corrected chi connectivity index (χ1v) is 4.31. The lowest BCUT2D eigenvalue weighted by atomic mass is 10.4. The Morgan fingerprint density at radius 2 is 2.53 bits per heavy atom. The molecule has 2 heterocycles. The van der Waals surface area contributed by atoms with Crippen LogP contribution in [0.3, 0.4) is 0 Å². The molecule has 0 saturated carbocycles. The number of carbonyl (C=O) groups excluding carboxylic acids is 1. The molecule has 0 aliphatic heterocycles. The number of aryl methyl sites for hydroxylation is 1. The highest BCUT2D eigenvalue weighted by atomic mass is 16.5. The minimum absolute atomic E-state index is 0.172. The van der Waals surface area contributed by atoms with Crippen LogP contribution in [0.25, 0.3) is 0 Å². The highest BCUT2D eigenvalue weighted by Gasteiger charge is 2.09. The molecule has 0 aromatic carbocycles. The van der Waals surface area contributed by atoms with Crippen molar-refractivity contribution in [3.8, 4) is 0 Å². The summed E-state index contributed by atoms with van der Waals surface area (Å²) in [6, 6.07) is 1.75. The van der Waals surface area contributed by atoms with E-state index in [4.69, 9.17) is 4.52 Å². The van der Waals surface area contributed by atoms with Crippen LogP contribution >= 0.6 is 0 Å². The lowest BCUT2D eigenvalue weighted by molar-refractivity contribution is 0.0937. The van der Waals surface area contributed by atoms with E-state index in [2.05, 4.69) is 25.7 Å². The molecule has 78 valence electrons. The summed E-state index contributed by atoms with van der Waals surface area (Å²) >= 11 is 0. The zero-order valence-corrected chi connectivity index (χ0v) is 8.02. The fourth-order valence-electron chi connectivity index (χ4n) is 1.07. The average molecular weight is 207 g/mol. The number of H-pyrrole nitrogens is 1. The number of nitrogens with one attached hydrogen (secondary N) is 2. The lowest BCUT2D eigenvalue weighted by Crippen LogP contribution is -2.23. The summed E-state index contributed by atoms with van der Waals surface area (Å²) in [6.45, 7) is 2.09. The summed E-state index contributed by atoms with van der Waals surface area (Å²) < 4.78 is 4.92. The zero-order chi connectivity index (χ0) is 10.7. The Morgan fingerprint density at radius 1 is 1.67 bits per heavy atom. The third kappa shape index (κ3) is 2.19. The van der Waals surface area contributed by atoms with Crippen molar-refractivity contribution in [1.29, 1.82) is 0 Å². The molecule has 2 aromatic rings. The number of nitrogens with zero attached hydrogens (tertiary/aromatic N) is 3. The number of carbonyl (C=O) groups is 1. The predicted molar refractivity (Wildman–Crippen MR) is 48.8 cm³/mol. The van der Waals surface area contributed by atoms with Crippen molar-refractivity contribution in [2.45, 2.75) is 13.5 Å². The fraction of sp³-hybridized carbons (Fsp3) is 0.250. The second-order valence-electron chi connectivity index (χ2n) is 2.95. The number of aromatic nitrogens is 4. The molecule has 2 N–H and O–H groups in total. The Balaban J connectivity index is 1.91. The van der Waals surface area contributed by atoms with Crippen molar-refractivity contribution in [2.24, 2.45) is 0 Å². The van der Waals surface area contributed by atoms with E-state index in [1.54, 1.807) is 6.07 Å². The van der Waals surface area contributed by atoms with E-state index < -0.39 is 0 Å². The lowest BCUT2D eigenvalue weighted by Gasteiger charge is -1.97. The Hall–Kier alpha value is -2.18. The molecule has 0 saturated heterocycles. The number of rotatable bonds is 3. The topological polar surface area (TPSA) is 96.7 Å². The van der Waals surface area contributed by atoms with Gasteiger partial charge in [-0.1, -0.05) is 5.16 Å². The molecular formula is C8H9N5O2. The van der Waals surface area contributed by atoms with E-state index in [9.17, 15) is 4.79 Å². The summed E-state index contributed by atoms with van der Waals surface area (Å²) in [5.41, 5.74) is 0.777. The molecule has 0 aliphatic rings. The summed E-state index contributed by atoms with van der Waals surface area (Å²) in [7, 11) is 0. The Bertz CT molecular complexity index is 447. The van der Waals surface area contributed by atoms with Gasteiger partial charge in [0.05, 0.1) is 12.2 Å². The van der Waals surface area contributed by atoms with Gasteiger partial charge >= 0.3 is 0 Å². The van der Waals surface area contributed by atoms with Crippen LogP contribution in [0.5, 0.6) is 0 Å². The monoisotopic (exact) mass is 207 g/mol. The van der Waals surface area contributed by atoms with Gasteiger partial charge in [0, 0.05) is 6.07 Å². The molecule has 7 nitrogen and oxygen atoms in total. The molecule has 0 fully saturated rings. The van der Waals surface area contributed by atoms with Crippen LogP contribution in [-0.2, 0) is 6.54 Å². The van der Waals surface area contributed by atoms with Crippen LogP contribution in [0, 0.1) is 6.92 Å². The van der Waals surface area contributed by atoms with Crippen molar-refractivity contribution >= 4 is 5.91 Å². The maximum absolute atomic E-state index is 11.4. The second-order valence-corrected chi connectivity index (χ2v) is 2.95. The van der Waals surface area contributed by atoms with Crippen LogP contribution in [0.2, 0.25) is 0 Å². The van der Waals surface area contributed by atoms with Gasteiger partial charge in [0.1, 0.15) is 6.33 Å². The predicted octanol–water partition coefficient (Wildman–Crippen LogP) is 0.0311. The van der Waals surface area contributed by atoms with E-state index in [1.165, 1.54) is 6.33 Å². The van der Waals surface area contributed by atoms with E-state index in [1.807, 2.05) is 6.92 Å². The maximum Gasteiger partial charge on any atom is 0.288 e. The minimum Gasteiger partial charge on any atom is -0.359 e. The molecule has 0 atom stereocenters. The molecule has 0 radical (unpaired) electrons. The molecule has 0 aliphatic carbocycles. The number of hydrogen-bond acceptors (Lipinski definition) is 5. The SMILES string of the molecule is Cc1cc(CNC(=O)c2ncn[nH]2)on1. The van der Waals surface area contributed by atoms with Gasteiger partial charge in [-0.3, -0.25) is 9.89 Å². The van der Waals surface area contributed by atoms with Crippen LogP contribution in [-0.4, -0.2) is 26.2 Å². The highest BCUT2D eigenvalue weighted by Crippen LogP contribution is 2.01. The van der Waals surface area contributed by atoms with E-state index >= 15 is 0 Å². The quantitative estimate of drug-likeness (QED) is 0.740. The first-order chi connectivity index (χ1) is 7.25. The van der Waals surface area contributed by atoms with E-state index in [-0.39, 0.29) is 18.3 Å². The van der Waals surface area contributed by atoms with Gasteiger partial charge in [0.2, 0.25) is 5.82 Å². The largest absolute Gasteiger partial charge is 0.359 e. The third-order valence-corrected chi connectivity index (χ3v) is 1.73.